The standard InChI is InChI=1S/C18H19N3O3S/c1-13-5-3-4-6-16(13)11-25-12-18(22)20-19-10-15-8-7-14(2)17(9-15)21(23)24/h3-10H,11-12H2,1-2H3,(H,20,22)/b19-10-. The number of aryl methyl sites for hydroxylation is 2. The van der Waals surface area contributed by atoms with Gasteiger partial charge >= 0.3 is 0 Å². The summed E-state index contributed by atoms with van der Waals surface area (Å²) in [5, 5.41) is 14.8. The van der Waals surface area contributed by atoms with Crippen LogP contribution in [0.4, 0.5) is 5.69 Å². The van der Waals surface area contributed by atoms with Gasteiger partial charge in [0.05, 0.1) is 16.9 Å². The lowest BCUT2D eigenvalue weighted by molar-refractivity contribution is -0.385. The van der Waals surface area contributed by atoms with Crippen molar-refractivity contribution in [2.45, 2.75) is 19.6 Å². The number of carbonyl (C=O) groups excluding carboxylic acids is 1. The van der Waals surface area contributed by atoms with E-state index < -0.39 is 4.92 Å². The minimum atomic E-state index is -0.437. The van der Waals surface area contributed by atoms with Gasteiger partial charge in [-0.05, 0) is 25.0 Å². The number of nitro groups is 1. The molecule has 0 aliphatic carbocycles. The number of nitro benzene ring substituents is 1. The molecule has 0 atom stereocenters. The summed E-state index contributed by atoms with van der Waals surface area (Å²) >= 11 is 1.51. The molecule has 130 valence electrons. The highest BCUT2D eigenvalue weighted by Gasteiger charge is 2.10. The molecule has 2 rings (SSSR count). The fourth-order valence-electron chi connectivity index (χ4n) is 2.14. The van der Waals surface area contributed by atoms with Gasteiger partial charge in [0.1, 0.15) is 0 Å². The summed E-state index contributed by atoms with van der Waals surface area (Å²) in [5.74, 6) is 0.838. The summed E-state index contributed by atoms with van der Waals surface area (Å²) in [6.45, 7) is 3.72. The van der Waals surface area contributed by atoms with Crippen LogP contribution in [0.2, 0.25) is 0 Å². The van der Waals surface area contributed by atoms with Gasteiger partial charge in [0, 0.05) is 22.9 Å². The topological polar surface area (TPSA) is 84.6 Å². The van der Waals surface area contributed by atoms with Crippen LogP contribution < -0.4 is 5.43 Å². The second-order valence-electron chi connectivity index (χ2n) is 5.52. The average molecular weight is 357 g/mol. The van der Waals surface area contributed by atoms with Gasteiger partial charge in [-0.1, -0.05) is 36.4 Å². The minimum absolute atomic E-state index is 0.0315. The molecule has 0 heterocycles. The fourth-order valence-corrected chi connectivity index (χ4v) is 3.04. The third-order valence-electron chi connectivity index (χ3n) is 3.58. The van der Waals surface area contributed by atoms with E-state index in [1.165, 1.54) is 35.2 Å². The molecule has 0 bridgehead atoms. The Morgan fingerprint density at radius 2 is 2.00 bits per heavy atom. The summed E-state index contributed by atoms with van der Waals surface area (Å²) in [6, 6.07) is 12.8. The smallest absolute Gasteiger partial charge is 0.272 e. The molecule has 0 spiro atoms. The zero-order valence-corrected chi connectivity index (χ0v) is 14.9. The Hall–Kier alpha value is -2.67. The number of benzene rings is 2. The summed E-state index contributed by atoms with van der Waals surface area (Å²) < 4.78 is 0. The lowest BCUT2D eigenvalue weighted by Gasteiger charge is -2.04. The maximum Gasteiger partial charge on any atom is 0.272 e. The van der Waals surface area contributed by atoms with E-state index >= 15 is 0 Å². The molecular formula is C18H19N3O3S. The van der Waals surface area contributed by atoms with Crippen molar-refractivity contribution in [2.75, 3.05) is 5.75 Å². The van der Waals surface area contributed by atoms with E-state index in [0.717, 1.165) is 5.75 Å². The number of hydrazone groups is 1. The highest BCUT2D eigenvalue weighted by molar-refractivity contribution is 7.99. The number of thioether (sulfide) groups is 1. The first kappa shape index (κ1) is 18.7. The van der Waals surface area contributed by atoms with Gasteiger partial charge in [0.15, 0.2) is 0 Å². The molecule has 0 aromatic heterocycles. The van der Waals surface area contributed by atoms with E-state index in [1.54, 1.807) is 19.1 Å². The van der Waals surface area contributed by atoms with Crippen molar-refractivity contribution in [3.8, 4) is 0 Å². The maximum atomic E-state index is 11.8. The SMILES string of the molecule is Cc1ccccc1CSCC(=O)N/N=C\c1ccc(C)c([N+](=O)[O-])c1. The number of carbonyl (C=O) groups is 1. The van der Waals surface area contributed by atoms with Crippen molar-refractivity contribution in [3.63, 3.8) is 0 Å². The van der Waals surface area contributed by atoms with E-state index in [-0.39, 0.29) is 11.6 Å². The van der Waals surface area contributed by atoms with Crippen LogP contribution in [0, 0.1) is 24.0 Å². The van der Waals surface area contributed by atoms with Crippen molar-refractivity contribution in [2.24, 2.45) is 5.10 Å². The molecule has 0 saturated carbocycles. The predicted molar refractivity (Wildman–Crippen MR) is 101 cm³/mol. The van der Waals surface area contributed by atoms with Crippen LogP contribution in [0.3, 0.4) is 0 Å². The molecule has 7 heteroatoms. The molecule has 25 heavy (non-hydrogen) atoms. The van der Waals surface area contributed by atoms with Gasteiger partial charge in [0.25, 0.3) is 5.69 Å². The summed E-state index contributed by atoms with van der Waals surface area (Å²) in [5.41, 5.74) is 6.02. The molecule has 0 fully saturated rings. The number of hydrogen-bond donors (Lipinski definition) is 1. The molecule has 1 N–H and O–H groups in total. The van der Waals surface area contributed by atoms with Crippen molar-refractivity contribution in [1.29, 1.82) is 0 Å². The molecule has 0 aliphatic heterocycles. The summed E-state index contributed by atoms with van der Waals surface area (Å²) in [4.78, 5) is 22.3. The molecule has 0 saturated heterocycles. The van der Waals surface area contributed by atoms with E-state index in [0.29, 0.717) is 16.9 Å². The first-order valence-corrected chi connectivity index (χ1v) is 8.82. The third-order valence-corrected chi connectivity index (χ3v) is 4.57. The third kappa shape index (κ3) is 5.72. The highest BCUT2D eigenvalue weighted by atomic mass is 32.2. The van der Waals surface area contributed by atoms with E-state index in [9.17, 15) is 14.9 Å². The molecule has 2 aromatic rings. The number of amides is 1. The number of hydrogen-bond acceptors (Lipinski definition) is 5. The Morgan fingerprint density at radius 1 is 1.24 bits per heavy atom. The lowest BCUT2D eigenvalue weighted by Crippen LogP contribution is -2.19. The van der Waals surface area contributed by atoms with Gasteiger partial charge < -0.3 is 0 Å². The number of nitrogens with zero attached hydrogens (tertiary/aromatic N) is 2. The monoisotopic (exact) mass is 357 g/mol. The van der Waals surface area contributed by atoms with Gasteiger partial charge in [-0.25, -0.2) is 5.43 Å². The second kappa shape index (κ2) is 8.98. The zero-order chi connectivity index (χ0) is 18.2. The highest BCUT2D eigenvalue weighted by Crippen LogP contribution is 2.18. The van der Waals surface area contributed by atoms with Crippen molar-refractivity contribution >= 4 is 29.6 Å². The Balaban J connectivity index is 1.82. The molecule has 2 aromatic carbocycles. The fraction of sp³-hybridized carbons (Fsp3) is 0.222. The Bertz CT molecular complexity index is 806. The molecule has 1 amide bonds. The molecule has 0 radical (unpaired) electrons. The molecular weight excluding hydrogens is 338 g/mol. The van der Waals surface area contributed by atoms with Crippen LogP contribution in [-0.4, -0.2) is 22.8 Å². The van der Waals surface area contributed by atoms with Gasteiger partial charge in [-0.15, -0.1) is 11.8 Å². The second-order valence-corrected chi connectivity index (χ2v) is 6.50. The van der Waals surface area contributed by atoms with Crippen LogP contribution in [-0.2, 0) is 10.5 Å². The lowest BCUT2D eigenvalue weighted by atomic mass is 10.1. The Labute approximate surface area is 150 Å². The predicted octanol–water partition coefficient (Wildman–Crippen LogP) is 3.60. The Morgan fingerprint density at radius 3 is 2.72 bits per heavy atom. The normalized spacial score (nSPS) is 10.8. The number of nitrogens with one attached hydrogen (secondary N) is 1. The van der Waals surface area contributed by atoms with Crippen LogP contribution in [0.5, 0.6) is 0 Å². The van der Waals surface area contributed by atoms with Crippen LogP contribution in [0.15, 0.2) is 47.6 Å². The average Bonchev–Trinajstić information content (AvgIpc) is 2.58. The van der Waals surface area contributed by atoms with Crippen molar-refractivity contribution in [1.82, 2.24) is 5.43 Å². The van der Waals surface area contributed by atoms with Gasteiger partial charge in [-0.2, -0.15) is 5.10 Å². The quantitative estimate of drug-likeness (QED) is 0.466. The van der Waals surface area contributed by atoms with E-state index in [1.807, 2.05) is 31.2 Å². The van der Waals surface area contributed by atoms with Crippen molar-refractivity contribution in [3.05, 3.63) is 74.8 Å². The summed E-state index contributed by atoms with van der Waals surface area (Å²) in [7, 11) is 0. The summed E-state index contributed by atoms with van der Waals surface area (Å²) in [6.07, 6.45) is 1.40. The van der Waals surface area contributed by atoms with Crippen LogP contribution in [0.25, 0.3) is 0 Å². The minimum Gasteiger partial charge on any atom is -0.272 e. The largest absolute Gasteiger partial charge is 0.272 e. The van der Waals surface area contributed by atoms with Gasteiger partial charge in [-0.3, -0.25) is 14.9 Å². The molecule has 0 aliphatic rings. The first-order chi connectivity index (χ1) is 12.0. The number of rotatable bonds is 7. The van der Waals surface area contributed by atoms with E-state index in [4.69, 9.17) is 0 Å². The Kier molecular flexibility index (Phi) is 6.71. The van der Waals surface area contributed by atoms with Crippen LogP contribution >= 0.6 is 11.8 Å². The van der Waals surface area contributed by atoms with Gasteiger partial charge in [0.2, 0.25) is 5.91 Å². The zero-order valence-electron chi connectivity index (χ0n) is 14.1. The first-order valence-electron chi connectivity index (χ1n) is 7.66. The van der Waals surface area contributed by atoms with E-state index in [2.05, 4.69) is 10.5 Å². The van der Waals surface area contributed by atoms with Crippen LogP contribution in [0.1, 0.15) is 22.3 Å². The maximum absolute atomic E-state index is 11.8. The molecule has 6 nitrogen and oxygen atoms in total. The molecule has 0 unspecified atom stereocenters. The van der Waals surface area contributed by atoms with Crippen molar-refractivity contribution < 1.29 is 9.72 Å².